The summed E-state index contributed by atoms with van der Waals surface area (Å²) in [7, 11) is 1.74. The van der Waals surface area contributed by atoms with Crippen molar-refractivity contribution in [2.45, 2.75) is 77.9 Å². The fourth-order valence-corrected chi connectivity index (χ4v) is 4.61. The van der Waals surface area contributed by atoms with E-state index in [9.17, 15) is 9.59 Å². The van der Waals surface area contributed by atoms with Crippen LogP contribution in [-0.4, -0.2) is 31.3 Å². The lowest BCUT2D eigenvalue weighted by atomic mass is 9.94. The maximum Gasteiger partial charge on any atom is 0.332 e. The summed E-state index contributed by atoms with van der Waals surface area (Å²) in [5.41, 5.74) is 0.686. The Morgan fingerprint density at radius 1 is 1.07 bits per heavy atom. The number of imidazole rings is 1. The molecule has 7 heteroatoms. The van der Waals surface area contributed by atoms with Crippen molar-refractivity contribution in [3.8, 4) is 0 Å². The van der Waals surface area contributed by atoms with Gasteiger partial charge >= 0.3 is 5.69 Å². The first-order chi connectivity index (χ1) is 13.0. The molecule has 1 fully saturated rings. The molecule has 0 atom stereocenters. The van der Waals surface area contributed by atoms with Crippen molar-refractivity contribution < 1.29 is 0 Å². The molecule has 4 rings (SSSR count). The predicted molar refractivity (Wildman–Crippen MR) is 108 cm³/mol. The van der Waals surface area contributed by atoms with Gasteiger partial charge in [0, 0.05) is 32.7 Å². The summed E-state index contributed by atoms with van der Waals surface area (Å²) in [6.45, 7) is 6.47. The Morgan fingerprint density at radius 2 is 1.81 bits per heavy atom. The average molecular weight is 374 g/mol. The fourth-order valence-electron chi connectivity index (χ4n) is 4.61. The van der Waals surface area contributed by atoms with Crippen LogP contribution < -0.4 is 16.1 Å². The summed E-state index contributed by atoms with van der Waals surface area (Å²) in [5.74, 6) is 1.33. The zero-order valence-corrected chi connectivity index (χ0v) is 16.8. The monoisotopic (exact) mass is 373 g/mol. The Morgan fingerprint density at radius 3 is 2.52 bits per heavy atom. The summed E-state index contributed by atoms with van der Waals surface area (Å²) in [4.78, 5) is 33.2. The van der Waals surface area contributed by atoms with Gasteiger partial charge in [0.1, 0.15) is 0 Å². The molecule has 0 spiro atoms. The van der Waals surface area contributed by atoms with Crippen LogP contribution in [0.15, 0.2) is 9.59 Å². The maximum absolute atomic E-state index is 13.2. The van der Waals surface area contributed by atoms with E-state index in [1.165, 1.54) is 36.7 Å². The summed E-state index contributed by atoms with van der Waals surface area (Å²) >= 11 is 0. The van der Waals surface area contributed by atoms with E-state index in [0.717, 1.165) is 31.9 Å². The van der Waals surface area contributed by atoms with Gasteiger partial charge in [-0.2, -0.15) is 4.98 Å². The van der Waals surface area contributed by atoms with Crippen molar-refractivity contribution in [3.05, 3.63) is 20.8 Å². The molecule has 3 heterocycles. The molecule has 2 aromatic heterocycles. The number of nitrogens with zero attached hydrogens (tertiary/aromatic N) is 5. The van der Waals surface area contributed by atoms with Gasteiger partial charge in [0.2, 0.25) is 5.95 Å². The molecule has 0 amide bonds. The van der Waals surface area contributed by atoms with Gasteiger partial charge in [-0.05, 0) is 31.6 Å². The minimum Gasteiger partial charge on any atom is -0.339 e. The Labute approximate surface area is 159 Å². The van der Waals surface area contributed by atoms with Crippen LogP contribution in [0.1, 0.15) is 58.8 Å². The van der Waals surface area contributed by atoms with Crippen LogP contribution >= 0.6 is 0 Å². The topological polar surface area (TPSA) is 65.1 Å². The smallest absolute Gasteiger partial charge is 0.332 e. The Kier molecular flexibility index (Phi) is 4.86. The summed E-state index contributed by atoms with van der Waals surface area (Å²) < 4.78 is 5.03. The Balaban J connectivity index is 1.85. The Hall–Kier alpha value is -2.05. The zero-order valence-electron chi connectivity index (χ0n) is 16.8. The van der Waals surface area contributed by atoms with E-state index in [2.05, 4.69) is 23.3 Å². The molecular formula is C20H31N5O2. The molecule has 7 nitrogen and oxygen atoms in total. The van der Waals surface area contributed by atoms with Crippen LogP contribution in [-0.2, 0) is 20.1 Å². The maximum atomic E-state index is 13.2. The van der Waals surface area contributed by atoms with Crippen LogP contribution in [0.2, 0.25) is 0 Å². The first-order valence-electron chi connectivity index (χ1n) is 10.5. The van der Waals surface area contributed by atoms with Gasteiger partial charge in [0.25, 0.3) is 5.56 Å². The minimum absolute atomic E-state index is 0.182. The van der Waals surface area contributed by atoms with Gasteiger partial charge < -0.3 is 9.47 Å². The van der Waals surface area contributed by atoms with Gasteiger partial charge in [-0.15, -0.1) is 0 Å². The number of aromatic nitrogens is 4. The van der Waals surface area contributed by atoms with E-state index in [1.54, 1.807) is 11.6 Å². The lowest BCUT2D eigenvalue weighted by Gasteiger charge is -2.37. The van der Waals surface area contributed by atoms with Gasteiger partial charge in [-0.25, -0.2) is 4.79 Å². The van der Waals surface area contributed by atoms with Crippen LogP contribution in [0.5, 0.6) is 0 Å². The van der Waals surface area contributed by atoms with E-state index in [4.69, 9.17) is 4.98 Å². The average Bonchev–Trinajstić information content (AvgIpc) is 3.06. The third kappa shape index (κ3) is 3.11. The summed E-state index contributed by atoms with van der Waals surface area (Å²) in [5, 5.41) is 0. The lowest BCUT2D eigenvalue weighted by molar-refractivity contribution is 0.391. The SMILES string of the molecule is CC(C)CCn1c(=O)c2c(nc3n2CCCN3C2CCCCC2)n(C)c1=O. The zero-order chi connectivity index (χ0) is 19.1. The second-order valence-electron chi connectivity index (χ2n) is 8.56. The summed E-state index contributed by atoms with van der Waals surface area (Å²) in [6, 6.07) is 0.509. The molecule has 27 heavy (non-hydrogen) atoms. The number of anilines is 1. The van der Waals surface area contributed by atoms with Gasteiger partial charge in [0.05, 0.1) is 0 Å². The highest BCUT2D eigenvalue weighted by atomic mass is 16.2. The predicted octanol–water partition coefficient (Wildman–Crippen LogP) is 2.49. The number of hydrogen-bond donors (Lipinski definition) is 0. The summed E-state index contributed by atoms with van der Waals surface area (Å²) in [6.07, 6.45) is 8.07. The number of fused-ring (bicyclic) bond motifs is 3. The van der Waals surface area contributed by atoms with E-state index < -0.39 is 0 Å². The molecule has 0 bridgehead atoms. The van der Waals surface area contributed by atoms with Crippen LogP contribution in [0.4, 0.5) is 5.95 Å². The highest BCUT2D eigenvalue weighted by Gasteiger charge is 2.30. The first kappa shape index (κ1) is 18.3. The van der Waals surface area contributed by atoms with E-state index in [1.807, 2.05) is 0 Å². The molecule has 0 saturated heterocycles. The molecule has 1 aliphatic carbocycles. The standard InChI is InChI=1S/C20H31N5O2/c1-14(2)10-13-25-18(26)16-17(22(3)20(25)27)21-19-23(11-7-12-24(16)19)15-8-5-4-6-9-15/h14-15H,4-13H2,1-3H3. The highest BCUT2D eigenvalue weighted by Crippen LogP contribution is 2.31. The number of hydrogen-bond acceptors (Lipinski definition) is 4. The molecular weight excluding hydrogens is 342 g/mol. The van der Waals surface area contributed by atoms with Crippen molar-refractivity contribution in [2.24, 2.45) is 13.0 Å². The molecule has 2 aromatic rings. The molecule has 1 saturated carbocycles. The largest absolute Gasteiger partial charge is 0.339 e. The third-order valence-electron chi connectivity index (χ3n) is 6.20. The van der Waals surface area contributed by atoms with E-state index in [-0.39, 0.29) is 11.2 Å². The highest BCUT2D eigenvalue weighted by molar-refractivity contribution is 5.75. The van der Waals surface area contributed by atoms with Gasteiger partial charge in [-0.1, -0.05) is 33.1 Å². The van der Waals surface area contributed by atoms with Crippen molar-refractivity contribution >= 4 is 17.1 Å². The number of aryl methyl sites for hydroxylation is 2. The first-order valence-corrected chi connectivity index (χ1v) is 10.5. The lowest BCUT2D eigenvalue weighted by Crippen LogP contribution is -2.42. The number of rotatable bonds is 4. The fraction of sp³-hybridized carbons (Fsp3) is 0.750. The van der Waals surface area contributed by atoms with Crippen LogP contribution in [0.25, 0.3) is 11.2 Å². The van der Waals surface area contributed by atoms with Crippen molar-refractivity contribution in [3.63, 3.8) is 0 Å². The molecule has 0 aromatic carbocycles. The molecule has 2 aliphatic rings. The second-order valence-corrected chi connectivity index (χ2v) is 8.56. The normalized spacial score (nSPS) is 18.4. The van der Waals surface area contributed by atoms with Crippen LogP contribution in [0, 0.1) is 5.92 Å². The molecule has 1 aliphatic heterocycles. The molecule has 0 unspecified atom stereocenters. The molecule has 148 valence electrons. The molecule has 0 radical (unpaired) electrons. The van der Waals surface area contributed by atoms with E-state index >= 15 is 0 Å². The quantitative estimate of drug-likeness (QED) is 0.826. The Bertz CT molecular complexity index is 946. The van der Waals surface area contributed by atoms with Gasteiger partial charge in [0.15, 0.2) is 11.2 Å². The van der Waals surface area contributed by atoms with Crippen LogP contribution in [0.3, 0.4) is 0 Å². The third-order valence-corrected chi connectivity index (χ3v) is 6.20. The van der Waals surface area contributed by atoms with E-state index in [0.29, 0.717) is 29.7 Å². The minimum atomic E-state index is -0.257. The van der Waals surface area contributed by atoms with Crippen molar-refractivity contribution in [1.29, 1.82) is 0 Å². The van der Waals surface area contributed by atoms with Gasteiger partial charge in [-0.3, -0.25) is 13.9 Å². The van der Waals surface area contributed by atoms with Crippen molar-refractivity contribution in [1.82, 2.24) is 18.7 Å². The van der Waals surface area contributed by atoms with Crippen molar-refractivity contribution in [2.75, 3.05) is 11.4 Å². The second kappa shape index (κ2) is 7.17. The molecule has 0 N–H and O–H groups in total.